The zero-order valence-electron chi connectivity index (χ0n) is 14.4. The van der Waals surface area contributed by atoms with E-state index in [0.29, 0.717) is 0 Å². The molecular weight excluding hydrogens is 364 g/mol. The Morgan fingerprint density at radius 2 is 1.88 bits per heavy atom. The van der Waals surface area contributed by atoms with Gasteiger partial charge in [-0.05, 0) is 19.2 Å². The average Bonchev–Trinajstić information content (AvgIpc) is 3.12. The van der Waals surface area contributed by atoms with Gasteiger partial charge in [0.15, 0.2) is 5.65 Å². The van der Waals surface area contributed by atoms with Gasteiger partial charge in [-0.3, -0.25) is 14.3 Å². The molecule has 0 atom stereocenters. The number of hydrogen-bond donors (Lipinski definition) is 0. The quantitative estimate of drug-likeness (QED) is 0.557. The molecule has 0 aliphatic carbocycles. The maximum atomic E-state index is 13.3. The number of hydrogen-bond acceptors (Lipinski definition) is 6. The van der Waals surface area contributed by atoms with Crippen LogP contribution in [0.4, 0.5) is 19.1 Å². The second-order valence-electron chi connectivity index (χ2n) is 5.52. The number of fused-ring (bicyclic) bond motifs is 1. The van der Waals surface area contributed by atoms with Gasteiger partial charge in [0.2, 0.25) is 5.91 Å². The van der Waals surface area contributed by atoms with Crippen molar-refractivity contribution >= 4 is 17.5 Å². The van der Waals surface area contributed by atoms with Crippen molar-refractivity contribution in [1.82, 2.24) is 34.8 Å². The minimum Gasteiger partial charge on any atom is -0.320 e. The number of halogens is 3. The van der Waals surface area contributed by atoms with Gasteiger partial charge >= 0.3 is 35.7 Å². The Balaban J connectivity index is 0.00000243. The molecule has 3 rings (SSSR count). The summed E-state index contributed by atoms with van der Waals surface area (Å²) in [5.41, 5.74) is -1.31. The largest absolute Gasteiger partial charge is 1.00 e. The Morgan fingerprint density at radius 1 is 1.19 bits per heavy atom. The fraction of sp³-hybridized carbons (Fsp3) is 0.385. The molecule has 0 radical (unpaired) electrons. The standard InChI is InChI=1S/C13H13F3N8O.Na/c1-6(2)9-18-19-10-7(4-5-8(24(9)10)13(14,15)16)11(25)17-12-20-21-22-23(12)3;/h4-6H,1-3H3,(H,17,20,22,25);/q;+1/p-1. The van der Waals surface area contributed by atoms with Crippen molar-refractivity contribution in [3.05, 3.63) is 34.5 Å². The predicted octanol–water partition coefficient (Wildman–Crippen LogP) is -0.755. The second-order valence-corrected chi connectivity index (χ2v) is 5.52. The molecule has 0 bridgehead atoms. The van der Waals surface area contributed by atoms with E-state index in [9.17, 15) is 18.0 Å². The zero-order valence-corrected chi connectivity index (χ0v) is 16.4. The minimum atomic E-state index is -4.63. The van der Waals surface area contributed by atoms with E-state index in [4.69, 9.17) is 0 Å². The molecule has 0 spiro atoms. The topological polar surface area (TPSA) is 105 Å². The molecule has 0 N–H and O–H groups in total. The molecule has 26 heavy (non-hydrogen) atoms. The van der Waals surface area contributed by atoms with Crippen LogP contribution < -0.4 is 29.6 Å². The molecule has 0 saturated carbocycles. The van der Waals surface area contributed by atoms with Crippen LogP contribution in [0.2, 0.25) is 0 Å². The summed E-state index contributed by atoms with van der Waals surface area (Å²) in [6.07, 6.45) is -4.63. The number of amides is 1. The molecule has 0 aromatic carbocycles. The Labute approximate surface area is 167 Å². The molecule has 3 heterocycles. The number of carbonyl (C=O) groups is 1. The van der Waals surface area contributed by atoms with Crippen molar-refractivity contribution in [3.8, 4) is 0 Å². The molecule has 0 aliphatic heterocycles. The first-order valence-corrected chi connectivity index (χ1v) is 7.13. The molecule has 3 aromatic heterocycles. The average molecular weight is 376 g/mol. The maximum Gasteiger partial charge on any atom is 1.00 e. The first kappa shape index (κ1) is 20.3. The Hall–Kier alpha value is -2.05. The summed E-state index contributed by atoms with van der Waals surface area (Å²) in [6.45, 7) is 3.36. The summed E-state index contributed by atoms with van der Waals surface area (Å²) in [4.78, 5) is 12.4. The number of aromatic nitrogens is 7. The summed E-state index contributed by atoms with van der Waals surface area (Å²) in [5, 5.41) is 21.7. The van der Waals surface area contributed by atoms with E-state index in [-0.39, 0.29) is 58.5 Å². The van der Waals surface area contributed by atoms with Crippen LogP contribution in [0.1, 0.15) is 41.6 Å². The fourth-order valence-corrected chi connectivity index (χ4v) is 2.25. The van der Waals surface area contributed by atoms with Crippen molar-refractivity contribution in [2.24, 2.45) is 7.05 Å². The third-order valence-electron chi connectivity index (χ3n) is 3.41. The molecular formula is C13H12F3N8NaO. The van der Waals surface area contributed by atoms with Crippen LogP contribution in [0.5, 0.6) is 0 Å². The Morgan fingerprint density at radius 3 is 2.42 bits per heavy atom. The number of aryl methyl sites for hydroxylation is 1. The van der Waals surface area contributed by atoms with Crippen molar-refractivity contribution in [2.45, 2.75) is 25.9 Å². The van der Waals surface area contributed by atoms with Crippen molar-refractivity contribution in [3.63, 3.8) is 0 Å². The van der Waals surface area contributed by atoms with Gasteiger partial charge in [0.1, 0.15) is 11.5 Å². The van der Waals surface area contributed by atoms with Crippen LogP contribution in [-0.4, -0.2) is 40.7 Å². The molecule has 0 fully saturated rings. The monoisotopic (exact) mass is 376 g/mol. The van der Waals surface area contributed by atoms with Crippen molar-refractivity contribution in [2.75, 3.05) is 0 Å². The Kier molecular flexibility index (Phi) is 5.68. The van der Waals surface area contributed by atoms with Crippen LogP contribution in [-0.2, 0) is 13.2 Å². The summed E-state index contributed by atoms with van der Waals surface area (Å²) in [5.74, 6) is -1.13. The number of pyridine rings is 1. The van der Waals surface area contributed by atoms with Gasteiger partial charge in [0.05, 0.1) is 11.5 Å². The van der Waals surface area contributed by atoms with E-state index >= 15 is 0 Å². The number of carbonyl (C=O) groups excluding carboxylic acids is 1. The Bertz CT molecular complexity index is 949. The summed E-state index contributed by atoms with van der Waals surface area (Å²) in [6, 6.07) is 1.83. The molecule has 0 aliphatic rings. The number of rotatable bonds is 3. The van der Waals surface area contributed by atoms with Gasteiger partial charge in [-0.15, -0.1) is 20.6 Å². The fourth-order valence-electron chi connectivity index (χ4n) is 2.25. The van der Waals surface area contributed by atoms with E-state index in [1.165, 1.54) is 7.05 Å². The minimum absolute atomic E-state index is 0. The first-order valence-electron chi connectivity index (χ1n) is 7.13. The van der Waals surface area contributed by atoms with Crippen molar-refractivity contribution in [1.29, 1.82) is 0 Å². The molecule has 132 valence electrons. The van der Waals surface area contributed by atoms with Gasteiger partial charge in [0, 0.05) is 5.92 Å². The molecule has 0 unspecified atom stereocenters. The van der Waals surface area contributed by atoms with Gasteiger partial charge < -0.3 is 10.00 Å². The molecule has 9 nitrogen and oxygen atoms in total. The van der Waals surface area contributed by atoms with E-state index in [2.05, 4.69) is 31.0 Å². The van der Waals surface area contributed by atoms with Crippen LogP contribution in [0.15, 0.2) is 12.1 Å². The summed E-state index contributed by atoms with van der Waals surface area (Å²) in [7, 11) is 1.47. The third-order valence-corrected chi connectivity index (χ3v) is 3.41. The van der Waals surface area contributed by atoms with Gasteiger partial charge in [-0.25, -0.2) is 0 Å². The summed E-state index contributed by atoms with van der Waals surface area (Å²) >= 11 is 0. The van der Waals surface area contributed by atoms with E-state index in [0.717, 1.165) is 21.2 Å². The number of alkyl halides is 3. The molecule has 1 amide bonds. The van der Waals surface area contributed by atoms with E-state index < -0.39 is 17.8 Å². The molecule has 0 saturated heterocycles. The van der Waals surface area contributed by atoms with E-state index in [1.807, 2.05) is 0 Å². The SMILES string of the molecule is CC(C)c1nnc2c(C(=O)[N-]c3nnnn3C)ccc(C(F)(F)F)n12.[Na+]. The second kappa shape index (κ2) is 7.29. The van der Waals surface area contributed by atoms with Crippen LogP contribution in [0.25, 0.3) is 11.0 Å². The van der Waals surface area contributed by atoms with Gasteiger partial charge in [-0.2, -0.15) is 13.2 Å². The first-order chi connectivity index (χ1) is 11.7. The maximum absolute atomic E-state index is 13.3. The molecule has 13 heteroatoms. The summed E-state index contributed by atoms with van der Waals surface area (Å²) < 4.78 is 41.9. The normalized spacial score (nSPS) is 11.7. The number of tetrazole rings is 1. The third kappa shape index (κ3) is 3.57. The van der Waals surface area contributed by atoms with Gasteiger partial charge in [-0.1, -0.05) is 13.8 Å². The van der Waals surface area contributed by atoms with Crippen LogP contribution in [0, 0.1) is 0 Å². The van der Waals surface area contributed by atoms with Crippen LogP contribution in [0.3, 0.4) is 0 Å². The van der Waals surface area contributed by atoms with Crippen LogP contribution >= 0.6 is 0 Å². The number of nitrogens with zero attached hydrogens (tertiary/aromatic N) is 8. The zero-order chi connectivity index (χ0) is 18.4. The molecule has 3 aromatic rings. The smallest absolute Gasteiger partial charge is 0.320 e. The van der Waals surface area contributed by atoms with E-state index in [1.54, 1.807) is 13.8 Å². The predicted molar refractivity (Wildman–Crippen MR) is 78.2 cm³/mol. The van der Waals surface area contributed by atoms with Gasteiger partial charge in [0.25, 0.3) is 0 Å². The van der Waals surface area contributed by atoms with Crippen molar-refractivity contribution < 1.29 is 47.5 Å².